The summed E-state index contributed by atoms with van der Waals surface area (Å²) >= 11 is 0. The SMILES string of the molecule is COc1ccc2c(c1)CCCC2NCc1cccnc1. The van der Waals surface area contributed by atoms with E-state index >= 15 is 0 Å². The summed E-state index contributed by atoms with van der Waals surface area (Å²) in [5.74, 6) is 0.955. The zero-order valence-corrected chi connectivity index (χ0v) is 11.8. The molecule has 0 saturated carbocycles. The van der Waals surface area contributed by atoms with Crippen LogP contribution < -0.4 is 10.1 Å². The Morgan fingerprint density at radius 1 is 1.35 bits per heavy atom. The molecule has 0 fully saturated rings. The Morgan fingerprint density at radius 3 is 3.10 bits per heavy atom. The zero-order chi connectivity index (χ0) is 13.8. The van der Waals surface area contributed by atoms with Crippen molar-refractivity contribution in [2.45, 2.75) is 31.8 Å². The maximum Gasteiger partial charge on any atom is 0.119 e. The van der Waals surface area contributed by atoms with Gasteiger partial charge in [-0.1, -0.05) is 12.1 Å². The number of nitrogens with zero attached hydrogens (tertiary/aromatic N) is 1. The monoisotopic (exact) mass is 268 g/mol. The second kappa shape index (κ2) is 6.06. The molecule has 1 heterocycles. The fourth-order valence-electron chi connectivity index (χ4n) is 2.87. The van der Waals surface area contributed by atoms with E-state index < -0.39 is 0 Å². The molecule has 1 aromatic heterocycles. The lowest BCUT2D eigenvalue weighted by Crippen LogP contribution is -2.24. The predicted molar refractivity (Wildman–Crippen MR) is 79.7 cm³/mol. The fraction of sp³-hybridized carbons (Fsp3) is 0.353. The first-order valence-electron chi connectivity index (χ1n) is 7.16. The van der Waals surface area contributed by atoms with E-state index in [0.717, 1.165) is 18.7 Å². The Hall–Kier alpha value is -1.87. The number of hydrogen-bond donors (Lipinski definition) is 1. The first-order chi connectivity index (χ1) is 9.86. The summed E-state index contributed by atoms with van der Waals surface area (Å²) in [6, 6.07) is 11.0. The van der Waals surface area contributed by atoms with Gasteiger partial charge in [0.1, 0.15) is 5.75 Å². The minimum absolute atomic E-state index is 0.435. The molecule has 3 nitrogen and oxygen atoms in total. The van der Waals surface area contributed by atoms with Crippen molar-refractivity contribution < 1.29 is 4.74 Å². The highest BCUT2D eigenvalue weighted by molar-refractivity contribution is 5.39. The number of benzene rings is 1. The number of ether oxygens (including phenoxy) is 1. The molecule has 1 aliphatic rings. The quantitative estimate of drug-likeness (QED) is 0.924. The van der Waals surface area contributed by atoms with Gasteiger partial charge in [0.05, 0.1) is 7.11 Å². The smallest absolute Gasteiger partial charge is 0.119 e. The van der Waals surface area contributed by atoms with Crippen LogP contribution in [0.1, 0.15) is 35.6 Å². The van der Waals surface area contributed by atoms with Gasteiger partial charge in [-0.2, -0.15) is 0 Å². The van der Waals surface area contributed by atoms with Crippen molar-refractivity contribution in [1.82, 2.24) is 10.3 Å². The van der Waals surface area contributed by atoms with Crippen LogP contribution in [0.25, 0.3) is 0 Å². The van der Waals surface area contributed by atoms with Crippen LogP contribution in [0.4, 0.5) is 0 Å². The largest absolute Gasteiger partial charge is 0.497 e. The van der Waals surface area contributed by atoms with Crippen LogP contribution in [0.5, 0.6) is 5.75 Å². The average molecular weight is 268 g/mol. The predicted octanol–water partition coefficient (Wildman–Crippen LogP) is 3.26. The van der Waals surface area contributed by atoms with Crippen LogP contribution in [0.15, 0.2) is 42.7 Å². The highest BCUT2D eigenvalue weighted by Crippen LogP contribution is 2.32. The average Bonchev–Trinajstić information content (AvgIpc) is 2.53. The number of fused-ring (bicyclic) bond motifs is 1. The molecule has 0 saturated heterocycles. The number of aryl methyl sites for hydroxylation is 1. The number of aromatic nitrogens is 1. The lowest BCUT2D eigenvalue weighted by atomic mass is 9.87. The third kappa shape index (κ3) is 2.83. The van der Waals surface area contributed by atoms with Crippen molar-refractivity contribution in [3.63, 3.8) is 0 Å². The lowest BCUT2D eigenvalue weighted by molar-refractivity contribution is 0.410. The normalized spacial score (nSPS) is 17.6. The topological polar surface area (TPSA) is 34.1 Å². The number of rotatable bonds is 4. The molecule has 1 atom stereocenters. The molecule has 0 aliphatic heterocycles. The Labute approximate surface area is 120 Å². The summed E-state index contributed by atoms with van der Waals surface area (Å²) in [6.45, 7) is 0.865. The molecule has 3 heteroatoms. The maximum atomic E-state index is 5.32. The molecule has 0 radical (unpaired) electrons. The minimum Gasteiger partial charge on any atom is -0.497 e. The molecule has 3 rings (SSSR count). The van der Waals surface area contributed by atoms with E-state index in [0.29, 0.717) is 6.04 Å². The van der Waals surface area contributed by atoms with E-state index in [2.05, 4.69) is 34.6 Å². The molecule has 0 bridgehead atoms. The molecule has 0 spiro atoms. The fourth-order valence-corrected chi connectivity index (χ4v) is 2.87. The Balaban J connectivity index is 1.73. The van der Waals surface area contributed by atoms with E-state index in [1.54, 1.807) is 7.11 Å². The summed E-state index contributed by atoms with van der Waals surface area (Å²) in [7, 11) is 1.72. The molecular weight excluding hydrogens is 248 g/mol. The van der Waals surface area contributed by atoms with Crippen molar-refractivity contribution >= 4 is 0 Å². The first-order valence-corrected chi connectivity index (χ1v) is 7.16. The zero-order valence-electron chi connectivity index (χ0n) is 11.8. The minimum atomic E-state index is 0.435. The van der Waals surface area contributed by atoms with E-state index in [9.17, 15) is 0 Å². The van der Waals surface area contributed by atoms with E-state index in [1.165, 1.54) is 29.5 Å². The number of nitrogens with one attached hydrogen (secondary N) is 1. The number of methoxy groups -OCH3 is 1. The first kappa shape index (κ1) is 13.1. The van der Waals surface area contributed by atoms with E-state index in [4.69, 9.17) is 4.74 Å². The van der Waals surface area contributed by atoms with Gasteiger partial charge in [-0.3, -0.25) is 4.98 Å². The van der Waals surface area contributed by atoms with Crippen molar-refractivity contribution in [3.05, 3.63) is 59.4 Å². The molecule has 1 N–H and O–H groups in total. The van der Waals surface area contributed by atoms with Crippen LogP contribution >= 0.6 is 0 Å². The van der Waals surface area contributed by atoms with Gasteiger partial charge in [0.25, 0.3) is 0 Å². The summed E-state index contributed by atoms with van der Waals surface area (Å²) in [6.07, 6.45) is 7.30. The molecule has 20 heavy (non-hydrogen) atoms. The van der Waals surface area contributed by atoms with Crippen LogP contribution in [0, 0.1) is 0 Å². The second-order valence-corrected chi connectivity index (χ2v) is 5.25. The van der Waals surface area contributed by atoms with Gasteiger partial charge < -0.3 is 10.1 Å². The van der Waals surface area contributed by atoms with Gasteiger partial charge >= 0.3 is 0 Å². The summed E-state index contributed by atoms with van der Waals surface area (Å²) in [4.78, 5) is 4.16. The molecular formula is C17H20N2O. The van der Waals surface area contributed by atoms with E-state index in [-0.39, 0.29) is 0 Å². The molecule has 1 unspecified atom stereocenters. The molecule has 0 amide bonds. The van der Waals surface area contributed by atoms with Gasteiger partial charge in [0.15, 0.2) is 0 Å². The van der Waals surface area contributed by atoms with Gasteiger partial charge in [0.2, 0.25) is 0 Å². The molecule has 104 valence electrons. The van der Waals surface area contributed by atoms with Gasteiger partial charge in [-0.05, 0) is 54.2 Å². The third-order valence-corrected chi connectivity index (χ3v) is 3.94. The van der Waals surface area contributed by atoms with Crippen molar-refractivity contribution in [2.24, 2.45) is 0 Å². The lowest BCUT2D eigenvalue weighted by Gasteiger charge is -2.27. The standard InChI is InChI=1S/C17H20N2O/c1-20-15-7-8-16-14(10-15)5-2-6-17(16)19-12-13-4-3-9-18-11-13/h3-4,7-11,17,19H,2,5-6,12H2,1H3. The van der Waals surface area contributed by atoms with Crippen LogP contribution in [0.3, 0.4) is 0 Å². The molecule has 1 aliphatic carbocycles. The molecule has 2 aromatic rings. The van der Waals surface area contributed by atoms with Gasteiger partial charge in [0, 0.05) is 25.0 Å². The van der Waals surface area contributed by atoms with E-state index in [1.807, 2.05) is 18.5 Å². The number of hydrogen-bond acceptors (Lipinski definition) is 3. The Bertz CT molecular complexity index is 568. The Kier molecular flexibility index (Phi) is 3.97. The Morgan fingerprint density at radius 2 is 2.30 bits per heavy atom. The van der Waals surface area contributed by atoms with Crippen molar-refractivity contribution in [3.8, 4) is 5.75 Å². The highest BCUT2D eigenvalue weighted by Gasteiger charge is 2.20. The summed E-state index contributed by atoms with van der Waals surface area (Å²) in [5, 5.41) is 3.65. The van der Waals surface area contributed by atoms with Crippen LogP contribution in [0.2, 0.25) is 0 Å². The summed E-state index contributed by atoms with van der Waals surface area (Å²) < 4.78 is 5.32. The highest BCUT2D eigenvalue weighted by atomic mass is 16.5. The van der Waals surface area contributed by atoms with Gasteiger partial charge in [-0.15, -0.1) is 0 Å². The maximum absolute atomic E-state index is 5.32. The van der Waals surface area contributed by atoms with Crippen LogP contribution in [-0.2, 0) is 13.0 Å². The van der Waals surface area contributed by atoms with Crippen molar-refractivity contribution in [2.75, 3.05) is 7.11 Å². The third-order valence-electron chi connectivity index (χ3n) is 3.94. The van der Waals surface area contributed by atoms with Gasteiger partial charge in [-0.25, -0.2) is 0 Å². The van der Waals surface area contributed by atoms with Crippen molar-refractivity contribution in [1.29, 1.82) is 0 Å². The summed E-state index contributed by atoms with van der Waals surface area (Å²) in [5.41, 5.74) is 4.06. The number of pyridine rings is 1. The second-order valence-electron chi connectivity index (χ2n) is 5.25. The van der Waals surface area contributed by atoms with Crippen LogP contribution in [-0.4, -0.2) is 12.1 Å². The molecule has 1 aromatic carbocycles.